The lowest BCUT2D eigenvalue weighted by Crippen LogP contribution is -2.48. The van der Waals surface area contributed by atoms with Crippen LogP contribution in [-0.4, -0.2) is 92.1 Å². The Morgan fingerprint density at radius 3 is 2.03 bits per heavy atom. The van der Waals surface area contributed by atoms with Crippen molar-refractivity contribution >= 4 is 12.4 Å². The Bertz CT molecular complexity index is 478. The van der Waals surface area contributed by atoms with Crippen LogP contribution in [0.15, 0.2) is 0 Å². The summed E-state index contributed by atoms with van der Waals surface area (Å²) >= 11 is 0. The van der Waals surface area contributed by atoms with Gasteiger partial charge in [0, 0.05) is 38.8 Å². The Hall–Kier alpha value is -1.62. The highest BCUT2D eigenvalue weighted by Gasteiger charge is 2.24. The Morgan fingerprint density at radius 2 is 1.57 bits per heavy atom. The van der Waals surface area contributed by atoms with Gasteiger partial charge < -0.3 is 15.4 Å². The number of amides is 1. The average Bonchev–Trinajstić information content (AvgIpc) is 2.78. The van der Waals surface area contributed by atoms with Crippen LogP contribution >= 0.6 is 0 Å². The molecule has 2 heterocycles. The summed E-state index contributed by atoms with van der Waals surface area (Å²) in [6.07, 6.45) is 17.9. The first-order valence-electron chi connectivity index (χ1n) is 11.5. The molecular formula is C23H42N4O3. The Labute approximate surface area is 183 Å². The van der Waals surface area contributed by atoms with Crippen molar-refractivity contribution in [1.82, 2.24) is 14.7 Å². The Balaban J connectivity index is 0.000000418. The minimum absolute atomic E-state index is 0.110. The van der Waals surface area contributed by atoms with Gasteiger partial charge in [-0.2, -0.15) is 0 Å². The highest BCUT2D eigenvalue weighted by molar-refractivity contribution is 5.71. The standard InChI is InChI=1S/C15H27N3O3.C6H13N.C2H2/c1-2-21-15(20)12-16-5-3-14(4-6-16)11-17-7-9-18(13-19)10-8-17;7-6-4-2-1-3-5-6;1-2/h13-14H,2-12H2,1H3;6H,1-5,7H2;1-2H. The second kappa shape index (κ2) is 16.1. The van der Waals surface area contributed by atoms with Crippen molar-refractivity contribution in [1.29, 1.82) is 0 Å². The van der Waals surface area contributed by atoms with Crippen molar-refractivity contribution in [2.24, 2.45) is 11.7 Å². The molecule has 0 spiro atoms. The third kappa shape index (κ3) is 11.0. The number of rotatable bonds is 6. The summed E-state index contributed by atoms with van der Waals surface area (Å²) in [4.78, 5) is 28.7. The molecular weight excluding hydrogens is 380 g/mol. The second-order valence-electron chi connectivity index (χ2n) is 8.36. The zero-order valence-electron chi connectivity index (χ0n) is 18.8. The largest absolute Gasteiger partial charge is 0.465 e. The molecule has 0 bridgehead atoms. The summed E-state index contributed by atoms with van der Waals surface area (Å²) in [5.74, 6) is 0.604. The molecule has 3 aliphatic rings. The van der Waals surface area contributed by atoms with Gasteiger partial charge in [0.05, 0.1) is 13.2 Å². The predicted octanol–water partition coefficient (Wildman–Crippen LogP) is 1.56. The van der Waals surface area contributed by atoms with E-state index in [1.54, 1.807) is 0 Å². The molecule has 7 nitrogen and oxygen atoms in total. The number of terminal acetylenes is 1. The molecule has 0 aromatic heterocycles. The van der Waals surface area contributed by atoms with E-state index < -0.39 is 0 Å². The summed E-state index contributed by atoms with van der Waals surface area (Å²) in [6, 6.07) is 0.536. The summed E-state index contributed by atoms with van der Waals surface area (Å²) in [7, 11) is 0. The Kier molecular flexibility index (Phi) is 14.2. The molecule has 2 aliphatic heterocycles. The molecule has 1 aliphatic carbocycles. The maximum atomic E-state index is 11.5. The molecule has 2 N–H and O–H groups in total. The first-order chi connectivity index (χ1) is 14.6. The van der Waals surface area contributed by atoms with Gasteiger partial charge in [0.25, 0.3) is 0 Å². The van der Waals surface area contributed by atoms with E-state index in [-0.39, 0.29) is 5.97 Å². The Morgan fingerprint density at radius 1 is 0.967 bits per heavy atom. The fourth-order valence-electron chi connectivity index (χ4n) is 4.27. The van der Waals surface area contributed by atoms with E-state index in [0.717, 1.165) is 65.1 Å². The lowest BCUT2D eigenvalue weighted by molar-refractivity contribution is -0.144. The van der Waals surface area contributed by atoms with E-state index in [1.165, 1.54) is 32.1 Å². The third-order valence-electron chi connectivity index (χ3n) is 6.09. The minimum atomic E-state index is -0.110. The van der Waals surface area contributed by atoms with Crippen LogP contribution in [0.1, 0.15) is 51.9 Å². The number of ether oxygens (including phenoxy) is 1. The van der Waals surface area contributed by atoms with Gasteiger partial charge in [0.15, 0.2) is 0 Å². The van der Waals surface area contributed by atoms with E-state index in [9.17, 15) is 9.59 Å². The molecule has 7 heteroatoms. The molecule has 1 saturated carbocycles. The van der Waals surface area contributed by atoms with Crippen LogP contribution in [0.5, 0.6) is 0 Å². The van der Waals surface area contributed by atoms with Gasteiger partial charge in [-0.3, -0.25) is 19.4 Å². The van der Waals surface area contributed by atoms with Crippen LogP contribution in [0.3, 0.4) is 0 Å². The van der Waals surface area contributed by atoms with Gasteiger partial charge in [0.2, 0.25) is 6.41 Å². The number of esters is 1. The van der Waals surface area contributed by atoms with Gasteiger partial charge in [-0.25, -0.2) is 0 Å². The van der Waals surface area contributed by atoms with Gasteiger partial charge in [-0.05, 0) is 51.6 Å². The van der Waals surface area contributed by atoms with Crippen molar-refractivity contribution in [3.05, 3.63) is 0 Å². The molecule has 1 amide bonds. The number of piperazine rings is 1. The maximum Gasteiger partial charge on any atom is 0.320 e. The lowest BCUT2D eigenvalue weighted by Gasteiger charge is -2.37. The van der Waals surface area contributed by atoms with Crippen LogP contribution in [-0.2, 0) is 14.3 Å². The van der Waals surface area contributed by atoms with Gasteiger partial charge >= 0.3 is 5.97 Å². The van der Waals surface area contributed by atoms with Crippen LogP contribution in [0.2, 0.25) is 0 Å². The van der Waals surface area contributed by atoms with Crippen LogP contribution in [0.4, 0.5) is 0 Å². The summed E-state index contributed by atoms with van der Waals surface area (Å²) in [5.41, 5.74) is 5.63. The van der Waals surface area contributed by atoms with E-state index in [4.69, 9.17) is 10.5 Å². The number of carbonyl (C=O) groups excluding carboxylic acids is 2. The molecule has 0 unspecified atom stereocenters. The number of likely N-dealkylation sites (tertiary alicyclic amines) is 1. The normalized spacial score (nSPS) is 21.5. The van der Waals surface area contributed by atoms with Crippen molar-refractivity contribution in [2.75, 3.05) is 59.0 Å². The molecule has 0 atom stereocenters. The molecule has 2 saturated heterocycles. The number of piperidine rings is 1. The molecule has 0 aromatic carbocycles. The van der Waals surface area contributed by atoms with Crippen LogP contribution in [0, 0.1) is 18.8 Å². The molecule has 0 radical (unpaired) electrons. The summed E-state index contributed by atoms with van der Waals surface area (Å²) in [6.45, 7) is 9.50. The fourth-order valence-corrected chi connectivity index (χ4v) is 4.27. The first kappa shape index (κ1) is 26.4. The predicted molar refractivity (Wildman–Crippen MR) is 121 cm³/mol. The van der Waals surface area contributed by atoms with Gasteiger partial charge in [-0.1, -0.05) is 19.3 Å². The van der Waals surface area contributed by atoms with Crippen LogP contribution in [0.25, 0.3) is 0 Å². The molecule has 3 fully saturated rings. The highest BCUT2D eigenvalue weighted by atomic mass is 16.5. The van der Waals surface area contributed by atoms with Gasteiger partial charge in [0.1, 0.15) is 0 Å². The van der Waals surface area contributed by atoms with Crippen LogP contribution < -0.4 is 5.73 Å². The van der Waals surface area contributed by atoms with Crippen molar-refractivity contribution < 1.29 is 14.3 Å². The molecule has 0 aromatic rings. The smallest absolute Gasteiger partial charge is 0.320 e. The third-order valence-corrected chi connectivity index (χ3v) is 6.09. The number of hydrogen-bond acceptors (Lipinski definition) is 6. The molecule has 30 heavy (non-hydrogen) atoms. The lowest BCUT2D eigenvalue weighted by atomic mass is 9.96. The zero-order valence-corrected chi connectivity index (χ0v) is 18.8. The zero-order chi connectivity index (χ0) is 22.2. The van der Waals surface area contributed by atoms with Crippen molar-refractivity contribution in [3.63, 3.8) is 0 Å². The quantitative estimate of drug-likeness (QED) is 0.398. The molecule has 172 valence electrons. The minimum Gasteiger partial charge on any atom is -0.465 e. The topological polar surface area (TPSA) is 79.1 Å². The molecule has 3 rings (SSSR count). The summed E-state index contributed by atoms with van der Waals surface area (Å²) in [5, 5.41) is 0. The maximum absolute atomic E-state index is 11.5. The van der Waals surface area contributed by atoms with E-state index >= 15 is 0 Å². The van der Waals surface area contributed by atoms with E-state index in [1.807, 2.05) is 11.8 Å². The SMILES string of the molecule is C#C.CCOC(=O)CN1CCC(CN2CCN(C=O)CC2)CC1.NC1CCCCC1. The number of nitrogens with two attached hydrogens (primary N) is 1. The van der Waals surface area contributed by atoms with E-state index in [2.05, 4.69) is 22.6 Å². The first-order valence-corrected chi connectivity index (χ1v) is 11.5. The highest BCUT2D eigenvalue weighted by Crippen LogP contribution is 2.19. The van der Waals surface area contributed by atoms with Crippen molar-refractivity contribution in [2.45, 2.75) is 57.9 Å². The number of nitrogens with zero attached hydrogens (tertiary/aromatic N) is 3. The summed E-state index contributed by atoms with van der Waals surface area (Å²) < 4.78 is 4.99. The van der Waals surface area contributed by atoms with E-state index in [0.29, 0.717) is 25.1 Å². The van der Waals surface area contributed by atoms with Gasteiger partial charge in [-0.15, -0.1) is 12.8 Å². The second-order valence-corrected chi connectivity index (χ2v) is 8.36. The average molecular weight is 423 g/mol. The monoisotopic (exact) mass is 422 g/mol. The fraction of sp³-hybridized carbons (Fsp3) is 0.826. The number of hydrogen-bond donors (Lipinski definition) is 1. The van der Waals surface area contributed by atoms with Crippen molar-refractivity contribution in [3.8, 4) is 12.8 Å². The number of carbonyl (C=O) groups is 2.